The number of aryl methyl sites for hydroxylation is 3. The molecule has 1 aliphatic rings. The van der Waals surface area contributed by atoms with E-state index in [2.05, 4.69) is 65.8 Å². The van der Waals surface area contributed by atoms with Crippen molar-refractivity contribution in [2.45, 2.75) is 72.9 Å². The average molecular weight is 632 g/mol. The van der Waals surface area contributed by atoms with Gasteiger partial charge in [0, 0.05) is 32.2 Å². The van der Waals surface area contributed by atoms with Gasteiger partial charge in [-0.3, -0.25) is 19.1 Å². The highest BCUT2D eigenvalue weighted by atomic mass is 32.1. The summed E-state index contributed by atoms with van der Waals surface area (Å²) in [6.45, 7) is 11.9. The first-order valence-electron chi connectivity index (χ1n) is 14.5. The Morgan fingerprint density at radius 3 is 2.41 bits per heavy atom. The number of fused-ring (bicyclic) bond motifs is 3. The number of rotatable bonds is 9. The van der Waals surface area contributed by atoms with Crippen LogP contribution in [0.2, 0.25) is 0 Å². The number of nitrogens with zero attached hydrogens (tertiary/aromatic N) is 4. The van der Waals surface area contributed by atoms with E-state index in [1.165, 1.54) is 12.0 Å². The number of benzene rings is 1. The van der Waals surface area contributed by atoms with Gasteiger partial charge in [0.1, 0.15) is 23.2 Å². The van der Waals surface area contributed by atoms with E-state index in [0.717, 1.165) is 54.8 Å². The maximum atomic E-state index is 12.5. The molecule has 11 heteroatoms. The van der Waals surface area contributed by atoms with E-state index in [1.54, 1.807) is 22.7 Å². The van der Waals surface area contributed by atoms with Gasteiger partial charge in [0.2, 0.25) is 5.91 Å². The minimum absolute atomic E-state index is 0.0607. The van der Waals surface area contributed by atoms with Gasteiger partial charge >= 0.3 is 5.97 Å². The zero-order valence-corrected chi connectivity index (χ0v) is 27.7. The number of carbonyl (C=O) groups excluding carboxylic acids is 3. The number of hydrogen-bond donors (Lipinski definition) is 1. The highest BCUT2D eigenvalue weighted by Crippen LogP contribution is 2.40. The number of hydrogen-bond acceptors (Lipinski definition) is 9. The lowest BCUT2D eigenvalue weighted by atomic mass is 9.87. The summed E-state index contributed by atoms with van der Waals surface area (Å²) in [7, 11) is 1.38. The minimum Gasteiger partial charge on any atom is -0.469 e. The molecule has 0 saturated heterocycles. The maximum absolute atomic E-state index is 12.5. The molecule has 1 amide bonds. The molecule has 4 heterocycles. The van der Waals surface area contributed by atoms with Crippen LogP contribution in [0.4, 0.5) is 0 Å². The lowest BCUT2D eigenvalue weighted by Gasteiger charge is -2.26. The van der Waals surface area contributed by atoms with Crippen LogP contribution in [0, 0.1) is 26.2 Å². The van der Waals surface area contributed by atoms with Crippen molar-refractivity contribution in [1.29, 1.82) is 0 Å². The van der Waals surface area contributed by atoms with Crippen molar-refractivity contribution in [2.75, 3.05) is 7.11 Å². The van der Waals surface area contributed by atoms with Gasteiger partial charge in [0.05, 0.1) is 25.3 Å². The number of esters is 1. The Morgan fingerprint density at radius 1 is 1.05 bits per heavy atom. The Morgan fingerprint density at radius 2 is 1.75 bits per heavy atom. The Kier molecular flexibility index (Phi) is 8.99. The second-order valence-corrected chi connectivity index (χ2v) is 14.4. The van der Waals surface area contributed by atoms with E-state index in [-0.39, 0.29) is 23.7 Å². The number of thiophene rings is 2. The molecular weight excluding hydrogens is 595 g/mol. The van der Waals surface area contributed by atoms with Gasteiger partial charge in [-0.15, -0.1) is 32.9 Å². The molecule has 0 bridgehead atoms. The molecule has 44 heavy (non-hydrogen) atoms. The summed E-state index contributed by atoms with van der Waals surface area (Å²) in [4.78, 5) is 44.8. The number of aldehydes is 1. The molecule has 0 aliphatic carbocycles. The number of amides is 1. The SMILES string of the molecule is COC(=O)C[C@@H]1N=C(c2ccc(-c3ccc(CCC(=O)NC(C=O)C(C)(C)C)s3)cc2)c2c(sc(C)c2C)-n2c(C)nnc21. The smallest absolute Gasteiger partial charge is 0.308 e. The Labute approximate surface area is 265 Å². The fourth-order valence-electron chi connectivity index (χ4n) is 5.16. The standard InChI is InChI=1S/C33H37N5O4S2/c1-18-19(2)43-32-29(18)30(34-24(16-28(41)42-7)31-37-36-20(3)38(31)32)22-10-8-21(9-11-22)25-14-12-23(44-25)13-15-27(40)35-26(17-39)33(4,5)6/h8-12,14,17,24,26H,13,15-16H2,1-7H3,(H,35,40)/t24-,26?/m0/s1. The van der Waals surface area contributed by atoms with Crippen LogP contribution >= 0.6 is 22.7 Å². The van der Waals surface area contributed by atoms with Gasteiger partial charge in [-0.1, -0.05) is 45.0 Å². The zero-order valence-electron chi connectivity index (χ0n) is 26.1. The molecule has 1 N–H and O–H groups in total. The van der Waals surface area contributed by atoms with Crippen molar-refractivity contribution < 1.29 is 19.1 Å². The molecule has 0 radical (unpaired) electrons. The van der Waals surface area contributed by atoms with Crippen molar-refractivity contribution in [1.82, 2.24) is 20.1 Å². The predicted molar refractivity (Wildman–Crippen MR) is 174 cm³/mol. The van der Waals surface area contributed by atoms with Crippen LogP contribution in [0.15, 0.2) is 41.4 Å². The molecule has 0 spiro atoms. The van der Waals surface area contributed by atoms with Crippen LogP contribution < -0.4 is 5.32 Å². The first kappa shape index (κ1) is 31.5. The highest BCUT2D eigenvalue weighted by Gasteiger charge is 2.32. The van der Waals surface area contributed by atoms with Gasteiger partial charge in [-0.2, -0.15) is 0 Å². The lowest BCUT2D eigenvalue weighted by Crippen LogP contribution is -2.44. The molecule has 0 saturated carbocycles. The predicted octanol–water partition coefficient (Wildman–Crippen LogP) is 6.10. The summed E-state index contributed by atoms with van der Waals surface area (Å²) in [5.74, 6) is 0.884. The van der Waals surface area contributed by atoms with Crippen molar-refractivity contribution in [2.24, 2.45) is 10.4 Å². The summed E-state index contributed by atoms with van der Waals surface area (Å²) in [5.41, 5.74) is 4.66. The number of aromatic nitrogens is 3. The Balaban J connectivity index is 1.40. The van der Waals surface area contributed by atoms with Crippen LogP contribution in [0.3, 0.4) is 0 Å². The lowest BCUT2D eigenvalue weighted by molar-refractivity contribution is -0.141. The molecule has 2 atom stereocenters. The van der Waals surface area contributed by atoms with Crippen molar-refractivity contribution in [3.05, 3.63) is 74.5 Å². The fourth-order valence-corrected chi connectivity index (χ4v) is 7.39. The first-order valence-corrected chi connectivity index (χ1v) is 16.2. The molecule has 1 aromatic carbocycles. The van der Waals surface area contributed by atoms with Crippen molar-refractivity contribution in [3.8, 4) is 15.4 Å². The number of ether oxygens (including phenoxy) is 1. The van der Waals surface area contributed by atoms with Crippen LogP contribution in [0.25, 0.3) is 15.4 Å². The molecule has 0 fully saturated rings. The summed E-state index contributed by atoms with van der Waals surface area (Å²) in [6.07, 6.45) is 1.79. The third-order valence-corrected chi connectivity index (χ3v) is 10.3. The summed E-state index contributed by atoms with van der Waals surface area (Å²) < 4.78 is 7.01. The third-order valence-electron chi connectivity index (χ3n) is 7.92. The number of carbonyl (C=O) groups is 3. The zero-order chi connectivity index (χ0) is 31.8. The second-order valence-electron chi connectivity index (χ2n) is 12.1. The van der Waals surface area contributed by atoms with Crippen LogP contribution in [0.5, 0.6) is 0 Å². The monoisotopic (exact) mass is 631 g/mol. The van der Waals surface area contributed by atoms with E-state index in [1.807, 2.05) is 32.3 Å². The van der Waals surface area contributed by atoms with Gasteiger partial charge in [0.15, 0.2) is 5.82 Å². The molecule has 5 rings (SSSR count). The topological polar surface area (TPSA) is 116 Å². The highest BCUT2D eigenvalue weighted by molar-refractivity contribution is 7.15. The summed E-state index contributed by atoms with van der Waals surface area (Å²) in [5, 5.41) is 12.6. The maximum Gasteiger partial charge on any atom is 0.308 e. The normalized spacial score (nSPS) is 15.1. The van der Waals surface area contributed by atoms with Crippen LogP contribution in [-0.4, -0.2) is 51.8 Å². The molecular formula is C33H37N5O4S2. The molecule has 230 valence electrons. The molecule has 9 nitrogen and oxygen atoms in total. The van der Waals surface area contributed by atoms with Gasteiger partial charge in [-0.05, 0) is 55.9 Å². The quantitative estimate of drug-likeness (QED) is 0.176. The molecule has 1 unspecified atom stereocenters. The van der Waals surface area contributed by atoms with Crippen molar-refractivity contribution in [3.63, 3.8) is 0 Å². The van der Waals surface area contributed by atoms with E-state index >= 15 is 0 Å². The van der Waals surface area contributed by atoms with Crippen LogP contribution in [0.1, 0.15) is 77.7 Å². The van der Waals surface area contributed by atoms with E-state index in [4.69, 9.17) is 9.73 Å². The number of nitrogens with one attached hydrogen (secondary N) is 1. The van der Waals surface area contributed by atoms with E-state index in [9.17, 15) is 14.4 Å². The van der Waals surface area contributed by atoms with Gasteiger partial charge in [-0.25, -0.2) is 0 Å². The van der Waals surface area contributed by atoms with Gasteiger partial charge < -0.3 is 14.8 Å². The number of aliphatic imine (C=N–C) groups is 1. The number of methoxy groups -OCH3 is 1. The Bertz CT molecular complexity index is 1740. The summed E-state index contributed by atoms with van der Waals surface area (Å²) >= 11 is 3.33. The minimum atomic E-state index is -0.542. The third kappa shape index (κ3) is 6.30. The van der Waals surface area contributed by atoms with Crippen molar-refractivity contribution >= 4 is 46.5 Å². The fraction of sp³-hybridized carbons (Fsp3) is 0.394. The first-order chi connectivity index (χ1) is 20.9. The largest absolute Gasteiger partial charge is 0.469 e. The molecule has 4 aromatic rings. The van der Waals surface area contributed by atoms with E-state index < -0.39 is 12.1 Å². The summed E-state index contributed by atoms with van der Waals surface area (Å²) in [6, 6.07) is 11.4. The molecule has 1 aliphatic heterocycles. The van der Waals surface area contributed by atoms with Gasteiger partial charge in [0.25, 0.3) is 0 Å². The molecule has 3 aromatic heterocycles. The Hall–Kier alpha value is -3.96. The van der Waals surface area contributed by atoms with E-state index in [0.29, 0.717) is 18.7 Å². The average Bonchev–Trinajstić information content (AvgIpc) is 3.67. The van der Waals surface area contributed by atoms with Crippen LogP contribution in [-0.2, 0) is 25.5 Å². The second kappa shape index (κ2) is 12.6.